The minimum absolute atomic E-state index is 0.469. The Morgan fingerprint density at radius 2 is 2.12 bits per heavy atom. The number of thioether (sulfide) groups is 1. The van der Waals surface area contributed by atoms with Crippen LogP contribution in [0.5, 0.6) is 0 Å². The largest absolute Gasteiger partial charge is 0.345 e. The Morgan fingerprint density at radius 3 is 2.76 bits per heavy atom. The van der Waals surface area contributed by atoms with Crippen molar-refractivity contribution < 1.29 is 0 Å². The topological polar surface area (TPSA) is 4.93 Å². The summed E-state index contributed by atoms with van der Waals surface area (Å²) in [5.41, 5.74) is 2.66. The van der Waals surface area contributed by atoms with E-state index in [-0.39, 0.29) is 0 Å². The van der Waals surface area contributed by atoms with Crippen LogP contribution in [0.3, 0.4) is 0 Å². The maximum Gasteiger partial charge on any atom is 0.0500 e. The maximum absolute atomic E-state index is 6.09. The molecule has 2 rings (SSSR count). The molecule has 1 aromatic heterocycles. The van der Waals surface area contributed by atoms with Gasteiger partial charge in [-0.2, -0.15) is 11.8 Å². The molecular weight excluding hydrogens is 250 g/mol. The minimum atomic E-state index is 0.469. The fraction of sp³-hybridized carbons (Fsp3) is 0.429. The van der Waals surface area contributed by atoms with Gasteiger partial charge in [0.2, 0.25) is 0 Å². The Bertz CT molecular complexity index is 516. The van der Waals surface area contributed by atoms with E-state index in [1.165, 1.54) is 16.5 Å². The fourth-order valence-corrected chi connectivity index (χ4v) is 2.87. The van der Waals surface area contributed by atoms with Crippen LogP contribution in [0.25, 0.3) is 10.9 Å². The molecule has 0 amide bonds. The molecule has 1 aromatic carbocycles. The molecule has 3 heteroatoms. The molecule has 0 N–H and O–H groups in total. The lowest BCUT2D eigenvalue weighted by molar-refractivity contribution is 0.622. The van der Waals surface area contributed by atoms with Crippen molar-refractivity contribution in [2.45, 2.75) is 32.6 Å². The predicted octanol–water partition coefficient (Wildman–Crippen LogP) is 5.13. The average molecular weight is 268 g/mol. The zero-order valence-corrected chi connectivity index (χ0v) is 12.1. The summed E-state index contributed by atoms with van der Waals surface area (Å²) in [6.45, 7) is 6.61. The molecule has 0 spiro atoms. The van der Waals surface area contributed by atoms with Crippen LogP contribution in [-0.4, -0.2) is 10.3 Å². The van der Waals surface area contributed by atoms with Crippen LogP contribution in [0.2, 0.25) is 5.02 Å². The standard InChI is InChI=1S/C14H18ClNS/c1-4-17-9-11-8-16(10(2)3)14-7-12(15)5-6-13(11)14/h5-8,10H,4,9H2,1-3H3. The Kier molecular flexibility index (Phi) is 4.05. The number of rotatable bonds is 4. The summed E-state index contributed by atoms with van der Waals surface area (Å²) in [6, 6.07) is 6.66. The van der Waals surface area contributed by atoms with E-state index >= 15 is 0 Å². The molecule has 1 nitrogen and oxygen atoms in total. The van der Waals surface area contributed by atoms with E-state index in [0.29, 0.717) is 6.04 Å². The molecule has 0 saturated carbocycles. The first kappa shape index (κ1) is 12.8. The van der Waals surface area contributed by atoms with Gasteiger partial charge in [0.15, 0.2) is 0 Å². The van der Waals surface area contributed by atoms with Crippen molar-refractivity contribution in [3.8, 4) is 0 Å². The van der Waals surface area contributed by atoms with E-state index in [9.17, 15) is 0 Å². The molecule has 0 fully saturated rings. The third-order valence-corrected chi connectivity index (χ3v) is 4.06. The minimum Gasteiger partial charge on any atom is -0.345 e. The van der Waals surface area contributed by atoms with Crippen LogP contribution < -0.4 is 0 Å². The number of hydrogen-bond donors (Lipinski definition) is 0. The van der Waals surface area contributed by atoms with E-state index in [0.717, 1.165) is 16.5 Å². The second-order valence-corrected chi connectivity index (χ2v) is 6.16. The van der Waals surface area contributed by atoms with Gasteiger partial charge < -0.3 is 4.57 Å². The van der Waals surface area contributed by atoms with Crippen LogP contribution >= 0.6 is 23.4 Å². The monoisotopic (exact) mass is 267 g/mol. The predicted molar refractivity (Wildman–Crippen MR) is 79.2 cm³/mol. The van der Waals surface area contributed by atoms with E-state index in [4.69, 9.17) is 11.6 Å². The number of benzene rings is 1. The molecule has 92 valence electrons. The SMILES string of the molecule is CCSCc1cn(C(C)C)c2cc(Cl)ccc12. The zero-order valence-electron chi connectivity index (χ0n) is 10.5. The normalized spacial score (nSPS) is 11.6. The molecule has 0 bridgehead atoms. The van der Waals surface area contributed by atoms with Crippen LogP contribution in [0, 0.1) is 0 Å². The summed E-state index contributed by atoms with van der Waals surface area (Å²) in [5, 5.41) is 2.15. The lowest BCUT2D eigenvalue weighted by Crippen LogP contribution is -1.97. The van der Waals surface area contributed by atoms with E-state index in [2.05, 4.69) is 43.7 Å². The smallest absolute Gasteiger partial charge is 0.0500 e. The highest BCUT2D eigenvalue weighted by Gasteiger charge is 2.10. The van der Waals surface area contributed by atoms with Crippen LogP contribution in [0.15, 0.2) is 24.4 Å². The fourth-order valence-electron chi connectivity index (χ4n) is 2.05. The molecule has 0 aliphatic rings. The first-order valence-corrected chi connectivity index (χ1v) is 7.53. The van der Waals surface area contributed by atoms with Gasteiger partial charge in [0.1, 0.15) is 0 Å². The van der Waals surface area contributed by atoms with Gasteiger partial charge in [-0.1, -0.05) is 24.6 Å². The second-order valence-electron chi connectivity index (χ2n) is 4.45. The van der Waals surface area contributed by atoms with Crippen molar-refractivity contribution in [1.82, 2.24) is 4.57 Å². The average Bonchev–Trinajstić information content (AvgIpc) is 2.64. The Morgan fingerprint density at radius 1 is 1.35 bits per heavy atom. The Labute approximate surface area is 112 Å². The van der Waals surface area contributed by atoms with Gasteiger partial charge in [0, 0.05) is 28.4 Å². The summed E-state index contributed by atoms with van der Waals surface area (Å²) in [5.74, 6) is 2.23. The summed E-state index contributed by atoms with van der Waals surface area (Å²) in [4.78, 5) is 0. The van der Waals surface area contributed by atoms with Gasteiger partial charge in [0.05, 0.1) is 5.52 Å². The lowest BCUT2D eigenvalue weighted by Gasteiger charge is -2.08. The number of hydrogen-bond acceptors (Lipinski definition) is 1. The van der Waals surface area contributed by atoms with Crippen molar-refractivity contribution in [1.29, 1.82) is 0 Å². The lowest BCUT2D eigenvalue weighted by atomic mass is 10.2. The third kappa shape index (κ3) is 2.63. The first-order valence-electron chi connectivity index (χ1n) is 6.00. The van der Waals surface area contributed by atoms with E-state index in [1.807, 2.05) is 17.8 Å². The number of fused-ring (bicyclic) bond motifs is 1. The van der Waals surface area contributed by atoms with Gasteiger partial charge in [-0.15, -0.1) is 0 Å². The summed E-state index contributed by atoms with van der Waals surface area (Å²) in [6.07, 6.45) is 2.27. The van der Waals surface area contributed by atoms with Gasteiger partial charge in [0.25, 0.3) is 0 Å². The molecule has 2 aromatic rings. The highest BCUT2D eigenvalue weighted by atomic mass is 35.5. The summed E-state index contributed by atoms with van der Waals surface area (Å²) in [7, 11) is 0. The summed E-state index contributed by atoms with van der Waals surface area (Å²) < 4.78 is 2.31. The van der Waals surface area contributed by atoms with E-state index in [1.54, 1.807) is 0 Å². The molecule has 0 atom stereocenters. The van der Waals surface area contributed by atoms with Crippen molar-refractivity contribution in [2.24, 2.45) is 0 Å². The third-order valence-electron chi connectivity index (χ3n) is 2.90. The Hall–Kier alpha value is -0.600. The van der Waals surface area contributed by atoms with Crippen LogP contribution in [0.1, 0.15) is 32.4 Å². The highest BCUT2D eigenvalue weighted by Crippen LogP contribution is 2.29. The molecule has 0 saturated heterocycles. The van der Waals surface area contributed by atoms with Crippen LogP contribution in [-0.2, 0) is 5.75 Å². The first-order chi connectivity index (χ1) is 8.13. The van der Waals surface area contributed by atoms with Crippen LogP contribution in [0.4, 0.5) is 0 Å². The zero-order chi connectivity index (χ0) is 12.4. The van der Waals surface area contributed by atoms with Crippen molar-refractivity contribution in [3.63, 3.8) is 0 Å². The number of aromatic nitrogens is 1. The number of halogens is 1. The van der Waals surface area contributed by atoms with E-state index < -0.39 is 0 Å². The van der Waals surface area contributed by atoms with Crippen molar-refractivity contribution in [2.75, 3.05) is 5.75 Å². The maximum atomic E-state index is 6.09. The van der Waals surface area contributed by atoms with Gasteiger partial charge in [-0.05, 0) is 37.3 Å². The molecular formula is C14H18ClNS. The molecule has 0 aliphatic carbocycles. The summed E-state index contributed by atoms with van der Waals surface area (Å²) >= 11 is 8.05. The van der Waals surface area contributed by atoms with Gasteiger partial charge in [-0.25, -0.2) is 0 Å². The highest BCUT2D eigenvalue weighted by molar-refractivity contribution is 7.98. The Balaban J connectivity index is 2.54. The molecule has 1 heterocycles. The molecule has 0 unspecified atom stereocenters. The quantitative estimate of drug-likeness (QED) is 0.744. The molecule has 0 aliphatic heterocycles. The second kappa shape index (κ2) is 5.36. The molecule has 0 radical (unpaired) electrons. The van der Waals surface area contributed by atoms with Crippen molar-refractivity contribution >= 4 is 34.3 Å². The van der Waals surface area contributed by atoms with Gasteiger partial charge in [-0.3, -0.25) is 0 Å². The molecule has 17 heavy (non-hydrogen) atoms. The van der Waals surface area contributed by atoms with Crippen molar-refractivity contribution in [3.05, 3.63) is 35.0 Å². The number of nitrogens with zero attached hydrogens (tertiary/aromatic N) is 1. The van der Waals surface area contributed by atoms with Gasteiger partial charge >= 0.3 is 0 Å².